The van der Waals surface area contributed by atoms with Crippen molar-refractivity contribution in [2.75, 3.05) is 0 Å². The Morgan fingerprint density at radius 2 is 2.00 bits per heavy atom. The van der Waals surface area contributed by atoms with Gasteiger partial charge in [-0.1, -0.05) is 36.4 Å². The first-order chi connectivity index (χ1) is 12.6. The molecule has 0 bridgehead atoms. The SMILES string of the molecule is O=C1C=C(c2cccs2)C[C@H](c2ccccc2)[C@H]1n1cnc([N+](=O)[O-])c1. The molecule has 1 aliphatic carbocycles. The van der Waals surface area contributed by atoms with Crippen LogP contribution in [0.1, 0.15) is 28.8 Å². The third-order valence-corrected chi connectivity index (χ3v) is 5.54. The molecule has 26 heavy (non-hydrogen) atoms. The average Bonchev–Trinajstić information content (AvgIpc) is 3.34. The second-order valence-corrected chi connectivity index (χ2v) is 7.10. The van der Waals surface area contributed by atoms with Crippen LogP contribution in [0.25, 0.3) is 5.57 Å². The van der Waals surface area contributed by atoms with Crippen molar-refractivity contribution < 1.29 is 9.72 Å². The third kappa shape index (κ3) is 2.97. The maximum atomic E-state index is 13.0. The normalized spacial score (nSPS) is 20.0. The number of benzene rings is 1. The summed E-state index contributed by atoms with van der Waals surface area (Å²) in [5, 5.41) is 13.0. The van der Waals surface area contributed by atoms with Crippen LogP contribution in [-0.4, -0.2) is 20.3 Å². The zero-order valence-electron chi connectivity index (χ0n) is 13.7. The maximum absolute atomic E-state index is 13.0. The Labute approximate surface area is 153 Å². The minimum absolute atomic E-state index is 0.0687. The van der Waals surface area contributed by atoms with Crippen molar-refractivity contribution in [2.45, 2.75) is 18.4 Å². The molecule has 4 rings (SSSR count). The summed E-state index contributed by atoms with van der Waals surface area (Å²) in [7, 11) is 0. The van der Waals surface area contributed by atoms with Gasteiger partial charge in [-0.15, -0.1) is 11.3 Å². The monoisotopic (exact) mass is 365 g/mol. The first-order valence-electron chi connectivity index (χ1n) is 8.14. The molecule has 0 unspecified atom stereocenters. The van der Waals surface area contributed by atoms with Gasteiger partial charge in [0.25, 0.3) is 0 Å². The van der Waals surface area contributed by atoms with E-state index < -0.39 is 11.0 Å². The Morgan fingerprint density at radius 1 is 1.19 bits per heavy atom. The summed E-state index contributed by atoms with van der Waals surface area (Å²) in [6.07, 6.45) is 5.07. The van der Waals surface area contributed by atoms with Crippen LogP contribution in [0.15, 0.2) is 66.4 Å². The summed E-state index contributed by atoms with van der Waals surface area (Å²) in [6.45, 7) is 0. The lowest BCUT2D eigenvalue weighted by Gasteiger charge is -2.30. The lowest BCUT2D eigenvalue weighted by atomic mass is 9.79. The zero-order chi connectivity index (χ0) is 18.1. The second kappa shape index (κ2) is 6.68. The fourth-order valence-corrected chi connectivity index (χ4v) is 4.18. The van der Waals surface area contributed by atoms with Crippen LogP contribution in [0.5, 0.6) is 0 Å². The molecule has 0 saturated carbocycles. The van der Waals surface area contributed by atoms with E-state index in [0.29, 0.717) is 6.42 Å². The Balaban J connectivity index is 1.78. The number of hydrogen-bond donors (Lipinski definition) is 0. The molecule has 0 aliphatic heterocycles. The second-order valence-electron chi connectivity index (χ2n) is 6.15. The average molecular weight is 365 g/mol. The van der Waals surface area contributed by atoms with Crippen LogP contribution in [0, 0.1) is 10.1 Å². The summed E-state index contributed by atoms with van der Waals surface area (Å²) >= 11 is 1.60. The standard InChI is InChI=1S/C19H15N3O3S/c23-16-10-14(17-7-4-8-26-17)9-15(13-5-2-1-3-6-13)19(16)21-11-18(20-12-21)22(24)25/h1-8,10-12,15,19H,9H2/t15-,19-/m1/s1. The van der Waals surface area contributed by atoms with Gasteiger partial charge >= 0.3 is 5.82 Å². The maximum Gasteiger partial charge on any atom is 0.381 e. The fourth-order valence-electron chi connectivity index (χ4n) is 3.42. The van der Waals surface area contributed by atoms with Gasteiger partial charge in [0, 0.05) is 10.8 Å². The Kier molecular flexibility index (Phi) is 4.22. The van der Waals surface area contributed by atoms with Crippen LogP contribution in [0.2, 0.25) is 0 Å². The smallest absolute Gasteiger partial charge is 0.358 e. The molecule has 1 aromatic carbocycles. The molecule has 2 aromatic heterocycles. The summed E-state index contributed by atoms with van der Waals surface area (Å²) in [6, 6.07) is 13.2. The lowest BCUT2D eigenvalue weighted by molar-refractivity contribution is -0.389. The van der Waals surface area contributed by atoms with E-state index in [4.69, 9.17) is 0 Å². The Bertz CT molecular complexity index is 977. The van der Waals surface area contributed by atoms with Crippen molar-refractivity contribution in [3.63, 3.8) is 0 Å². The van der Waals surface area contributed by atoms with E-state index in [9.17, 15) is 14.9 Å². The highest BCUT2D eigenvalue weighted by Gasteiger charge is 2.36. The zero-order valence-corrected chi connectivity index (χ0v) is 14.5. The Hall–Kier alpha value is -3.06. The van der Waals surface area contributed by atoms with E-state index in [2.05, 4.69) is 4.98 Å². The first-order valence-corrected chi connectivity index (χ1v) is 9.02. The molecule has 0 saturated heterocycles. The summed E-state index contributed by atoms with van der Waals surface area (Å²) in [5.41, 5.74) is 2.04. The number of ketones is 1. The van der Waals surface area contributed by atoms with E-state index in [0.717, 1.165) is 16.0 Å². The molecule has 2 atom stereocenters. The molecule has 1 aliphatic rings. The number of carbonyl (C=O) groups excluding carboxylic acids is 1. The molecule has 0 fully saturated rings. The molecule has 0 amide bonds. The number of carbonyl (C=O) groups is 1. The van der Waals surface area contributed by atoms with Crippen molar-refractivity contribution in [3.05, 3.63) is 87.0 Å². The van der Waals surface area contributed by atoms with Gasteiger partial charge in [-0.3, -0.25) is 9.36 Å². The number of imidazole rings is 1. The van der Waals surface area contributed by atoms with Gasteiger partial charge in [-0.05, 0) is 45.0 Å². The molecule has 130 valence electrons. The predicted molar refractivity (Wildman–Crippen MR) is 99.0 cm³/mol. The van der Waals surface area contributed by atoms with E-state index in [1.807, 2.05) is 47.8 Å². The first kappa shape index (κ1) is 16.4. The molecular formula is C19H15N3O3S. The third-order valence-electron chi connectivity index (χ3n) is 4.59. The van der Waals surface area contributed by atoms with E-state index in [1.165, 1.54) is 12.5 Å². The number of hydrogen-bond acceptors (Lipinski definition) is 5. The number of allylic oxidation sites excluding steroid dienone is 2. The van der Waals surface area contributed by atoms with Crippen LogP contribution >= 0.6 is 11.3 Å². The predicted octanol–water partition coefficient (Wildman–Crippen LogP) is 4.23. The molecule has 0 spiro atoms. The van der Waals surface area contributed by atoms with E-state index in [1.54, 1.807) is 22.0 Å². The molecule has 6 nitrogen and oxygen atoms in total. The molecule has 0 N–H and O–H groups in total. The van der Waals surface area contributed by atoms with Gasteiger partial charge in [0.1, 0.15) is 12.2 Å². The number of nitro groups is 1. The summed E-state index contributed by atoms with van der Waals surface area (Å²) < 4.78 is 1.57. The number of nitrogens with zero attached hydrogens (tertiary/aromatic N) is 3. The molecule has 2 heterocycles. The Morgan fingerprint density at radius 3 is 2.65 bits per heavy atom. The van der Waals surface area contributed by atoms with Crippen molar-refractivity contribution >= 4 is 28.5 Å². The highest BCUT2D eigenvalue weighted by Crippen LogP contribution is 2.43. The minimum atomic E-state index is -0.547. The highest BCUT2D eigenvalue weighted by molar-refractivity contribution is 7.11. The van der Waals surface area contributed by atoms with Gasteiger partial charge in [0.2, 0.25) is 6.33 Å². The van der Waals surface area contributed by atoms with Crippen LogP contribution in [0.4, 0.5) is 5.82 Å². The van der Waals surface area contributed by atoms with Crippen LogP contribution < -0.4 is 0 Å². The van der Waals surface area contributed by atoms with Crippen LogP contribution in [-0.2, 0) is 4.79 Å². The quantitative estimate of drug-likeness (QED) is 0.512. The van der Waals surface area contributed by atoms with E-state index >= 15 is 0 Å². The van der Waals surface area contributed by atoms with Gasteiger partial charge in [-0.2, -0.15) is 0 Å². The molecule has 3 aromatic rings. The van der Waals surface area contributed by atoms with Crippen molar-refractivity contribution in [2.24, 2.45) is 0 Å². The summed E-state index contributed by atoms with van der Waals surface area (Å²) in [5.74, 6) is -0.432. The minimum Gasteiger partial charge on any atom is -0.358 e. The van der Waals surface area contributed by atoms with Crippen LogP contribution in [0.3, 0.4) is 0 Å². The topological polar surface area (TPSA) is 78.0 Å². The fraction of sp³-hybridized carbons (Fsp3) is 0.158. The molecular weight excluding hydrogens is 350 g/mol. The van der Waals surface area contributed by atoms with Gasteiger partial charge in [-0.25, -0.2) is 0 Å². The molecule has 0 radical (unpaired) electrons. The largest absolute Gasteiger partial charge is 0.381 e. The number of rotatable bonds is 4. The van der Waals surface area contributed by atoms with Crippen molar-refractivity contribution in [3.8, 4) is 0 Å². The number of thiophene rings is 1. The van der Waals surface area contributed by atoms with Gasteiger partial charge in [0.05, 0.1) is 0 Å². The van der Waals surface area contributed by atoms with Gasteiger partial charge < -0.3 is 10.1 Å². The lowest BCUT2D eigenvalue weighted by Crippen LogP contribution is -2.28. The van der Waals surface area contributed by atoms with E-state index in [-0.39, 0.29) is 17.5 Å². The molecule has 7 heteroatoms. The van der Waals surface area contributed by atoms with Crippen molar-refractivity contribution in [1.82, 2.24) is 9.55 Å². The van der Waals surface area contributed by atoms with Crippen molar-refractivity contribution in [1.29, 1.82) is 0 Å². The highest BCUT2D eigenvalue weighted by atomic mass is 32.1. The summed E-state index contributed by atoms with van der Waals surface area (Å²) in [4.78, 5) is 28.3. The van der Waals surface area contributed by atoms with Gasteiger partial charge in [0.15, 0.2) is 5.78 Å². The number of aromatic nitrogens is 2.